The summed E-state index contributed by atoms with van der Waals surface area (Å²) >= 11 is 0. The molecule has 0 spiro atoms. The van der Waals surface area contributed by atoms with Crippen LogP contribution in [0.25, 0.3) is 0 Å². The minimum Gasteiger partial charge on any atom is -0.481 e. The maximum absolute atomic E-state index is 10.2. The van der Waals surface area contributed by atoms with Gasteiger partial charge in [-0.25, -0.2) is 0 Å². The van der Waals surface area contributed by atoms with Gasteiger partial charge in [0.25, 0.3) is 0 Å². The van der Waals surface area contributed by atoms with Gasteiger partial charge in [0.15, 0.2) is 16.9 Å². The third kappa shape index (κ3) is 1.09. The molecule has 54 valence electrons. The van der Waals surface area contributed by atoms with Gasteiger partial charge >= 0.3 is 5.97 Å². The van der Waals surface area contributed by atoms with E-state index in [4.69, 9.17) is 5.11 Å². The molecule has 10 heavy (non-hydrogen) atoms. The Morgan fingerprint density at radius 1 is 1.20 bits per heavy atom. The maximum Gasteiger partial charge on any atom is 0.308 e. The highest BCUT2D eigenvalue weighted by molar-refractivity contribution is 7.32. The van der Waals surface area contributed by atoms with Crippen LogP contribution in [-0.2, 0) is 13.9 Å². The second-order valence-electron chi connectivity index (χ2n) is 2.06. The molecule has 0 heterocycles. The first-order chi connectivity index (χ1) is 4.72. The highest BCUT2D eigenvalue weighted by Gasteiger charge is 2.57. The van der Waals surface area contributed by atoms with Crippen LogP contribution in [0.4, 0.5) is 0 Å². The summed E-state index contributed by atoms with van der Waals surface area (Å²) in [5.41, 5.74) is -0.867. The number of aliphatic carboxylic acids is 1. The van der Waals surface area contributed by atoms with Gasteiger partial charge in [-0.3, -0.25) is 13.9 Å². The van der Waals surface area contributed by atoms with E-state index in [-0.39, 0.29) is 16.9 Å². The van der Waals surface area contributed by atoms with Crippen molar-refractivity contribution in [1.29, 1.82) is 0 Å². The Bertz CT molecular complexity index is 178. The van der Waals surface area contributed by atoms with E-state index < -0.39 is 23.2 Å². The van der Waals surface area contributed by atoms with Crippen molar-refractivity contribution in [3.63, 3.8) is 0 Å². The molecule has 1 rings (SSSR count). The molecule has 1 aliphatic rings. The smallest absolute Gasteiger partial charge is 0.308 e. The van der Waals surface area contributed by atoms with Crippen LogP contribution < -0.4 is 0 Å². The predicted molar refractivity (Wildman–Crippen MR) is 33.9 cm³/mol. The molecular formula is C4H4O4P2. The van der Waals surface area contributed by atoms with E-state index in [0.29, 0.717) is 0 Å². The SMILES string of the molecule is O=PC1C(P=O)C1C(=O)O. The van der Waals surface area contributed by atoms with Gasteiger partial charge in [-0.05, 0) is 0 Å². The summed E-state index contributed by atoms with van der Waals surface area (Å²) in [6.45, 7) is 0. The van der Waals surface area contributed by atoms with E-state index in [1.165, 1.54) is 0 Å². The van der Waals surface area contributed by atoms with Crippen molar-refractivity contribution in [2.24, 2.45) is 5.92 Å². The molecule has 2 atom stereocenters. The molecule has 0 saturated heterocycles. The summed E-state index contributed by atoms with van der Waals surface area (Å²) < 4.78 is 20.3. The summed E-state index contributed by atoms with van der Waals surface area (Å²) in [6, 6.07) is 0. The van der Waals surface area contributed by atoms with Gasteiger partial charge in [0, 0.05) is 0 Å². The molecular weight excluding hydrogens is 174 g/mol. The van der Waals surface area contributed by atoms with Gasteiger partial charge in [0.2, 0.25) is 0 Å². The molecule has 1 N–H and O–H groups in total. The van der Waals surface area contributed by atoms with Crippen LogP contribution >= 0.6 is 16.9 Å². The van der Waals surface area contributed by atoms with Crippen molar-refractivity contribution in [3.8, 4) is 0 Å². The van der Waals surface area contributed by atoms with Crippen molar-refractivity contribution >= 4 is 22.9 Å². The van der Waals surface area contributed by atoms with Gasteiger partial charge in [0.1, 0.15) is 0 Å². The molecule has 6 heteroatoms. The third-order valence-corrected chi connectivity index (χ3v) is 3.48. The largest absolute Gasteiger partial charge is 0.481 e. The molecule has 2 unspecified atom stereocenters. The van der Waals surface area contributed by atoms with Crippen molar-refractivity contribution in [3.05, 3.63) is 0 Å². The molecule has 1 fully saturated rings. The Hall–Kier alpha value is -0.330. The Kier molecular flexibility index (Phi) is 2.12. The fraction of sp³-hybridized carbons (Fsp3) is 0.750. The average molecular weight is 178 g/mol. The van der Waals surface area contributed by atoms with Crippen molar-refractivity contribution in [1.82, 2.24) is 0 Å². The molecule has 0 aliphatic heterocycles. The first-order valence-corrected chi connectivity index (χ1v) is 4.36. The van der Waals surface area contributed by atoms with Crippen LogP contribution in [0.15, 0.2) is 0 Å². The fourth-order valence-corrected chi connectivity index (χ4v) is 2.60. The number of carboxylic acids is 1. The monoisotopic (exact) mass is 178 g/mol. The van der Waals surface area contributed by atoms with E-state index in [1.807, 2.05) is 0 Å². The third-order valence-electron chi connectivity index (χ3n) is 1.47. The zero-order valence-corrected chi connectivity index (χ0v) is 6.59. The van der Waals surface area contributed by atoms with E-state index in [2.05, 4.69) is 0 Å². The van der Waals surface area contributed by atoms with Crippen LogP contribution in [0.1, 0.15) is 0 Å². The Labute approximate surface area is 60.0 Å². The highest BCUT2D eigenvalue weighted by Crippen LogP contribution is 2.48. The van der Waals surface area contributed by atoms with E-state index in [1.54, 1.807) is 0 Å². The standard InChI is InChI=1S/C4H4O4P2/c5-4(6)1-2(9-7)3(1)10-8/h1-3H,(H,5,6). The lowest BCUT2D eigenvalue weighted by Gasteiger charge is -1.79. The average Bonchev–Trinajstić information content (AvgIpc) is 2.60. The lowest BCUT2D eigenvalue weighted by atomic mass is 10.4. The molecule has 0 bridgehead atoms. The van der Waals surface area contributed by atoms with Gasteiger partial charge in [0.05, 0.1) is 17.2 Å². The van der Waals surface area contributed by atoms with Crippen molar-refractivity contribution in [2.45, 2.75) is 11.3 Å². The second kappa shape index (κ2) is 2.73. The number of hydrogen-bond acceptors (Lipinski definition) is 3. The van der Waals surface area contributed by atoms with Gasteiger partial charge in [-0.1, -0.05) is 0 Å². The van der Waals surface area contributed by atoms with Crippen molar-refractivity contribution < 1.29 is 19.0 Å². The van der Waals surface area contributed by atoms with Gasteiger partial charge in [-0.15, -0.1) is 0 Å². The zero-order valence-electron chi connectivity index (χ0n) is 4.80. The first kappa shape index (κ1) is 7.77. The van der Waals surface area contributed by atoms with E-state index in [0.717, 1.165) is 0 Å². The quantitative estimate of drug-likeness (QED) is 0.654. The normalized spacial score (nSPS) is 38.2. The number of rotatable bonds is 3. The summed E-state index contributed by atoms with van der Waals surface area (Å²) in [4.78, 5) is 10.2. The van der Waals surface area contributed by atoms with E-state index in [9.17, 15) is 13.9 Å². The fourth-order valence-electron chi connectivity index (χ4n) is 0.827. The molecule has 0 aromatic heterocycles. The Morgan fingerprint density at radius 3 is 1.70 bits per heavy atom. The predicted octanol–water partition coefficient (Wildman–Crippen LogP) is 1.02. The highest BCUT2D eigenvalue weighted by atomic mass is 31.1. The summed E-state index contributed by atoms with van der Waals surface area (Å²) in [6.07, 6.45) is 0. The minimum atomic E-state index is -1.01. The molecule has 1 saturated carbocycles. The minimum absolute atomic E-state index is 0.215. The first-order valence-electron chi connectivity index (χ1n) is 2.60. The van der Waals surface area contributed by atoms with Crippen LogP contribution in [0.3, 0.4) is 0 Å². The van der Waals surface area contributed by atoms with E-state index >= 15 is 0 Å². The van der Waals surface area contributed by atoms with Crippen molar-refractivity contribution in [2.75, 3.05) is 0 Å². The second-order valence-corrected chi connectivity index (χ2v) is 3.67. The van der Waals surface area contributed by atoms with Crippen LogP contribution in [-0.4, -0.2) is 22.4 Å². The molecule has 4 nitrogen and oxygen atoms in total. The summed E-state index contributed by atoms with van der Waals surface area (Å²) in [5, 5.41) is 8.37. The topological polar surface area (TPSA) is 71.4 Å². The Morgan fingerprint density at radius 2 is 1.60 bits per heavy atom. The zero-order chi connectivity index (χ0) is 7.72. The van der Waals surface area contributed by atoms with Crippen LogP contribution in [0.5, 0.6) is 0 Å². The van der Waals surface area contributed by atoms with Crippen LogP contribution in [0, 0.1) is 5.92 Å². The molecule has 0 aromatic carbocycles. The lowest BCUT2D eigenvalue weighted by Crippen LogP contribution is -1.99. The van der Waals surface area contributed by atoms with Gasteiger partial charge in [-0.2, -0.15) is 0 Å². The van der Waals surface area contributed by atoms with Crippen LogP contribution in [0.2, 0.25) is 0 Å². The molecule has 0 radical (unpaired) electrons. The Balaban J connectivity index is 2.59. The van der Waals surface area contributed by atoms with Gasteiger partial charge < -0.3 is 5.11 Å². The molecule has 0 amide bonds. The maximum atomic E-state index is 10.2. The molecule has 1 aliphatic carbocycles. The number of carbonyl (C=O) groups is 1. The summed E-state index contributed by atoms with van der Waals surface area (Å²) in [5.74, 6) is -1.68. The molecule has 0 aromatic rings. The summed E-state index contributed by atoms with van der Waals surface area (Å²) in [7, 11) is -0.430. The number of carboxylic acid groups (broad SMARTS) is 1. The lowest BCUT2D eigenvalue weighted by molar-refractivity contribution is -0.138. The number of hydrogen-bond donors (Lipinski definition) is 1.